The van der Waals surface area contributed by atoms with Crippen LogP contribution in [0.3, 0.4) is 0 Å². The van der Waals surface area contributed by atoms with Crippen molar-refractivity contribution in [3.05, 3.63) is 29.3 Å². The third kappa shape index (κ3) is 3.01. The van der Waals surface area contributed by atoms with E-state index in [2.05, 4.69) is 4.90 Å². The molecule has 114 valence electrons. The molecule has 4 nitrogen and oxygen atoms in total. The second kappa shape index (κ2) is 6.24. The van der Waals surface area contributed by atoms with Crippen LogP contribution in [-0.2, 0) is 4.79 Å². The van der Waals surface area contributed by atoms with Gasteiger partial charge in [-0.1, -0.05) is 23.7 Å². The first-order valence-electron chi connectivity index (χ1n) is 7.63. The SMILES string of the molecule is O=C(C1CCCC1O)N1CCN(c2ccccc2Cl)CC1. The Balaban J connectivity index is 1.60. The quantitative estimate of drug-likeness (QED) is 0.910. The summed E-state index contributed by atoms with van der Waals surface area (Å²) in [4.78, 5) is 16.6. The number of carbonyl (C=O) groups is 1. The number of piperazine rings is 1. The summed E-state index contributed by atoms with van der Waals surface area (Å²) in [6.45, 7) is 2.98. The van der Waals surface area contributed by atoms with E-state index >= 15 is 0 Å². The largest absolute Gasteiger partial charge is 0.392 e. The Kier molecular flexibility index (Phi) is 4.36. The van der Waals surface area contributed by atoms with Gasteiger partial charge >= 0.3 is 0 Å². The van der Waals surface area contributed by atoms with Crippen LogP contribution in [0.15, 0.2) is 24.3 Å². The number of para-hydroxylation sites is 1. The number of rotatable bonds is 2. The maximum Gasteiger partial charge on any atom is 0.228 e. The van der Waals surface area contributed by atoms with E-state index in [1.165, 1.54) is 0 Å². The molecule has 0 bridgehead atoms. The molecule has 1 saturated carbocycles. The Labute approximate surface area is 130 Å². The first-order chi connectivity index (χ1) is 10.2. The lowest BCUT2D eigenvalue weighted by Crippen LogP contribution is -2.51. The Bertz CT molecular complexity index is 515. The van der Waals surface area contributed by atoms with Crippen molar-refractivity contribution >= 4 is 23.2 Å². The van der Waals surface area contributed by atoms with Crippen molar-refractivity contribution in [2.75, 3.05) is 31.1 Å². The van der Waals surface area contributed by atoms with E-state index in [9.17, 15) is 9.90 Å². The number of anilines is 1. The molecular weight excluding hydrogens is 288 g/mol. The molecule has 2 aliphatic rings. The molecule has 0 spiro atoms. The van der Waals surface area contributed by atoms with Crippen LogP contribution in [0.5, 0.6) is 0 Å². The van der Waals surface area contributed by atoms with Crippen LogP contribution in [0.25, 0.3) is 0 Å². The lowest BCUT2D eigenvalue weighted by atomic mass is 10.0. The second-order valence-electron chi connectivity index (χ2n) is 5.87. The van der Waals surface area contributed by atoms with E-state index in [4.69, 9.17) is 11.6 Å². The number of halogens is 1. The predicted molar refractivity (Wildman–Crippen MR) is 83.6 cm³/mol. The van der Waals surface area contributed by atoms with Gasteiger partial charge in [0.25, 0.3) is 0 Å². The van der Waals surface area contributed by atoms with Crippen molar-refractivity contribution in [3.8, 4) is 0 Å². The summed E-state index contributed by atoms with van der Waals surface area (Å²) in [7, 11) is 0. The summed E-state index contributed by atoms with van der Waals surface area (Å²) in [5.41, 5.74) is 1.03. The zero-order valence-electron chi connectivity index (χ0n) is 12.0. The van der Waals surface area contributed by atoms with Crippen LogP contribution in [0.2, 0.25) is 5.02 Å². The van der Waals surface area contributed by atoms with Crippen LogP contribution in [-0.4, -0.2) is 48.2 Å². The first kappa shape index (κ1) is 14.7. The fraction of sp³-hybridized carbons (Fsp3) is 0.562. The third-order valence-electron chi connectivity index (χ3n) is 4.58. The molecule has 2 fully saturated rings. The number of carbonyl (C=O) groups excluding carboxylic acids is 1. The average Bonchev–Trinajstić information content (AvgIpc) is 2.93. The van der Waals surface area contributed by atoms with Crippen molar-refractivity contribution in [3.63, 3.8) is 0 Å². The van der Waals surface area contributed by atoms with Crippen molar-refractivity contribution in [2.45, 2.75) is 25.4 Å². The monoisotopic (exact) mass is 308 g/mol. The highest BCUT2D eigenvalue weighted by Gasteiger charge is 2.35. The summed E-state index contributed by atoms with van der Waals surface area (Å²) in [5.74, 6) is -0.0596. The van der Waals surface area contributed by atoms with Crippen molar-refractivity contribution in [1.29, 1.82) is 0 Å². The van der Waals surface area contributed by atoms with Crippen LogP contribution in [0.1, 0.15) is 19.3 Å². The number of amides is 1. The van der Waals surface area contributed by atoms with Gasteiger partial charge in [-0.3, -0.25) is 4.79 Å². The molecule has 1 amide bonds. The van der Waals surface area contributed by atoms with Gasteiger partial charge in [0.05, 0.1) is 22.7 Å². The predicted octanol–water partition coefficient (Wildman–Crippen LogP) is 2.15. The Hall–Kier alpha value is -1.26. The first-order valence-corrected chi connectivity index (χ1v) is 8.01. The maximum atomic E-state index is 12.4. The van der Waals surface area contributed by atoms with Crippen molar-refractivity contribution in [2.24, 2.45) is 5.92 Å². The number of aliphatic hydroxyl groups excluding tert-OH is 1. The van der Waals surface area contributed by atoms with E-state index in [-0.39, 0.29) is 11.8 Å². The molecule has 1 heterocycles. The number of nitrogens with zero attached hydrogens (tertiary/aromatic N) is 2. The summed E-state index contributed by atoms with van der Waals surface area (Å²) >= 11 is 6.22. The molecule has 1 saturated heterocycles. The van der Waals surface area contributed by atoms with E-state index in [0.717, 1.165) is 43.1 Å². The third-order valence-corrected chi connectivity index (χ3v) is 4.90. The lowest BCUT2D eigenvalue weighted by molar-refractivity contribution is -0.138. The summed E-state index contributed by atoms with van der Waals surface area (Å²) in [5, 5.41) is 10.6. The summed E-state index contributed by atoms with van der Waals surface area (Å²) in [6.07, 6.45) is 2.09. The van der Waals surface area contributed by atoms with Crippen LogP contribution >= 0.6 is 11.6 Å². The molecule has 1 aromatic rings. The Morgan fingerprint density at radius 2 is 1.86 bits per heavy atom. The molecule has 3 rings (SSSR count). The number of benzene rings is 1. The van der Waals surface area contributed by atoms with E-state index in [1.807, 2.05) is 29.2 Å². The average molecular weight is 309 g/mol. The molecule has 1 aliphatic carbocycles. The highest BCUT2D eigenvalue weighted by Crippen LogP contribution is 2.29. The minimum Gasteiger partial charge on any atom is -0.392 e. The zero-order chi connectivity index (χ0) is 14.8. The molecule has 2 unspecified atom stereocenters. The normalized spacial score (nSPS) is 26.2. The minimum absolute atomic E-state index is 0.124. The van der Waals surface area contributed by atoms with Gasteiger partial charge in [-0.25, -0.2) is 0 Å². The van der Waals surface area contributed by atoms with Crippen molar-refractivity contribution < 1.29 is 9.90 Å². The Morgan fingerprint density at radius 1 is 1.14 bits per heavy atom. The zero-order valence-corrected chi connectivity index (χ0v) is 12.8. The Morgan fingerprint density at radius 3 is 2.48 bits per heavy atom. The molecule has 5 heteroatoms. The summed E-state index contributed by atoms with van der Waals surface area (Å²) in [6, 6.07) is 7.81. The standard InChI is InChI=1S/C16H21ClN2O2/c17-13-5-1-2-6-14(13)18-8-10-19(11-9-18)16(21)12-4-3-7-15(12)20/h1-2,5-6,12,15,20H,3-4,7-11H2. The van der Waals surface area contributed by atoms with Gasteiger partial charge in [-0.05, 0) is 31.4 Å². The maximum absolute atomic E-state index is 12.4. The molecule has 0 aromatic heterocycles. The number of hydrogen-bond donors (Lipinski definition) is 1. The highest BCUT2D eigenvalue weighted by atomic mass is 35.5. The minimum atomic E-state index is -0.445. The molecule has 21 heavy (non-hydrogen) atoms. The molecule has 1 N–H and O–H groups in total. The van der Waals surface area contributed by atoms with Crippen LogP contribution < -0.4 is 4.90 Å². The van der Waals surface area contributed by atoms with E-state index in [0.29, 0.717) is 13.1 Å². The number of aliphatic hydroxyl groups is 1. The van der Waals surface area contributed by atoms with Gasteiger partial charge in [0.15, 0.2) is 0 Å². The fourth-order valence-electron chi connectivity index (χ4n) is 3.34. The van der Waals surface area contributed by atoms with Gasteiger partial charge in [0, 0.05) is 26.2 Å². The number of hydrogen-bond acceptors (Lipinski definition) is 3. The van der Waals surface area contributed by atoms with Gasteiger partial charge in [-0.2, -0.15) is 0 Å². The molecule has 1 aromatic carbocycles. The lowest BCUT2D eigenvalue weighted by Gasteiger charge is -2.37. The van der Waals surface area contributed by atoms with Crippen molar-refractivity contribution in [1.82, 2.24) is 4.90 Å². The van der Waals surface area contributed by atoms with Crippen LogP contribution in [0.4, 0.5) is 5.69 Å². The van der Waals surface area contributed by atoms with Gasteiger partial charge in [0.1, 0.15) is 0 Å². The fourth-order valence-corrected chi connectivity index (χ4v) is 3.59. The van der Waals surface area contributed by atoms with Gasteiger partial charge in [-0.15, -0.1) is 0 Å². The van der Waals surface area contributed by atoms with E-state index in [1.54, 1.807) is 0 Å². The second-order valence-corrected chi connectivity index (χ2v) is 6.28. The molecule has 0 radical (unpaired) electrons. The smallest absolute Gasteiger partial charge is 0.228 e. The van der Waals surface area contributed by atoms with Crippen LogP contribution in [0, 0.1) is 5.92 Å². The highest BCUT2D eigenvalue weighted by molar-refractivity contribution is 6.33. The van der Waals surface area contributed by atoms with Gasteiger partial charge < -0.3 is 14.9 Å². The van der Waals surface area contributed by atoms with E-state index < -0.39 is 6.10 Å². The molecular formula is C16H21ClN2O2. The summed E-state index contributed by atoms with van der Waals surface area (Å²) < 4.78 is 0. The molecule has 2 atom stereocenters. The molecule has 1 aliphatic heterocycles. The van der Waals surface area contributed by atoms with Gasteiger partial charge in [0.2, 0.25) is 5.91 Å². The topological polar surface area (TPSA) is 43.8 Å².